The molecule has 1 saturated carbocycles. The van der Waals surface area contributed by atoms with Crippen molar-refractivity contribution in [3.63, 3.8) is 0 Å². The molecule has 9 nitrogen and oxygen atoms in total. The zero-order valence-corrected chi connectivity index (χ0v) is 21.4. The summed E-state index contributed by atoms with van der Waals surface area (Å²) >= 11 is 0. The molecular weight excluding hydrogens is 456 g/mol. The number of aliphatic imine (C=N–C) groups is 2. The van der Waals surface area contributed by atoms with Crippen LogP contribution < -0.4 is 15.0 Å². The molecule has 2 unspecified atom stereocenters. The summed E-state index contributed by atoms with van der Waals surface area (Å²) in [5, 5.41) is 3.59. The van der Waals surface area contributed by atoms with Crippen molar-refractivity contribution in [3.05, 3.63) is 29.7 Å². The summed E-state index contributed by atoms with van der Waals surface area (Å²) in [5.74, 6) is 2.36. The number of methoxy groups -OCH3 is 1. The molecule has 9 heteroatoms. The average molecular weight is 493 g/mol. The minimum absolute atomic E-state index is 0.117. The maximum absolute atomic E-state index is 6.57. The SMILES string of the molecule is C=Nc1c(N=CC)cc(N2CC3CC(C2)O3)cc1OC1CCC(Nc2cc(COC)nc(C)n2)CC1. The van der Waals surface area contributed by atoms with Crippen molar-refractivity contribution in [3.8, 4) is 5.75 Å². The van der Waals surface area contributed by atoms with Crippen LogP contribution in [-0.2, 0) is 16.1 Å². The Morgan fingerprint density at radius 1 is 1.17 bits per heavy atom. The number of hydrogen-bond acceptors (Lipinski definition) is 9. The van der Waals surface area contributed by atoms with Crippen LogP contribution in [0.15, 0.2) is 28.2 Å². The fourth-order valence-corrected chi connectivity index (χ4v) is 5.45. The summed E-state index contributed by atoms with van der Waals surface area (Å²) in [7, 11) is 1.68. The molecule has 3 aliphatic heterocycles. The number of rotatable bonds is 9. The van der Waals surface area contributed by atoms with Gasteiger partial charge in [0.25, 0.3) is 0 Å². The van der Waals surface area contributed by atoms with Crippen LogP contribution in [-0.4, -0.2) is 67.5 Å². The van der Waals surface area contributed by atoms with Crippen molar-refractivity contribution in [2.24, 2.45) is 9.98 Å². The number of aryl methyl sites for hydroxylation is 1. The molecule has 2 atom stereocenters. The summed E-state index contributed by atoms with van der Waals surface area (Å²) in [4.78, 5) is 20.2. The number of morpholine rings is 1. The Bertz CT molecular complexity index is 1100. The van der Waals surface area contributed by atoms with Crippen LogP contribution in [0.3, 0.4) is 0 Å². The second-order valence-corrected chi connectivity index (χ2v) is 9.84. The smallest absolute Gasteiger partial charge is 0.149 e. The lowest BCUT2D eigenvalue weighted by molar-refractivity contribution is -0.133. The maximum Gasteiger partial charge on any atom is 0.149 e. The zero-order chi connectivity index (χ0) is 25.1. The first-order valence-corrected chi connectivity index (χ1v) is 12.8. The fraction of sp³-hybridized carbons (Fsp3) is 0.556. The summed E-state index contributed by atoms with van der Waals surface area (Å²) in [6, 6.07) is 6.51. The first-order valence-electron chi connectivity index (χ1n) is 12.8. The van der Waals surface area contributed by atoms with E-state index < -0.39 is 0 Å². The minimum Gasteiger partial charge on any atom is -0.488 e. The van der Waals surface area contributed by atoms with E-state index in [1.807, 2.05) is 19.9 Å². The molecule has 2 bridgehead atoms. The molecule has 0 amide bonds. The predicted octanol–water partition coefficient (Wildman–Crippen LogP) is 4.77. The van der Waals surface area contributed by atoms with E-state index in [4.69, 9.17) is 14.2 Å². The molecular formula is C27H36N6O3. The number of aromatic nitrogens is 2. The number of anilines is 2. The van der Waals surface area contributed by atoms with Crippen LogP contribution in [0.2, 0.25) is 0 Å². The van der Waals surface area contributed by atoms with Crippen molar-refractivity contribution < 1.29 is 14.2 Å². The second kappa shape index (κ2) is 10.9. The summed E-state index contributed by atoms with van der Waals surface area (Å²) < 4.78 is 17.6. The van der Waals surface area contributed by atoms with Crippen molar-refractivity contribution in [2.45, 2.75) is 76.9 Å². The molecule has 4 fully saturated rings. The van der Waals surface area contributed by atoms with Gasteiger partial charge in [0.1, 0.15) is 23.1 Å². The standard InChI is InChI=1S/C27H36N6O3/c1-5-29-24-11-20(33-14-22-13-23(15-33)35-22)12-25(27(24)28-3)36-21-8-6-18(7-9-21)32-26-10-19(16-34-4)30-17(2)31-26/h5,10-12,18,21-23H,3,6-9,13-16H2,1-2,4H3,(H,30,31,32). The number of benzene rings is 1. The molecule has 1 aliphatic carbocycles. The third-order valence-corrected chi connectivity index (χ3v) is 7.09. The third-order valence-electron chi connectivity index (χ3n) is 7.09. The molecule has 1 N–H and O–H groups in total. The molecule has 4 aliphatic rings. The van der Waals surface area contributed by atoms with Crippen LogP contribution in [0, 0.1) is 6.92 Å². The number of nitrogens with zero attached hydrogens (tertiary/aromatic N) is 5. The van der Waals surface area contributed by atoms with Gasteiger partial charge in [-0.3, -0.25) is 9.98 Å². The molecule has 192 valence electrons. The van der Waals surface area contributed by atoms with E-state index in [0.717, 1.165) is 79.7 Å². The quantitative estimate of drug-likeness (QED) is 0.504. The van der Waals surface area contributed by atoms with E-state index in [1.165, 1.54) is 0 Å². The Hall–Kier alpha value is -3.04. The number of hydrogen-bond donors (Lipinski definition) is 1. The highest BCUT2D eigenvalue weighted by atomic mass is 16.5. The second-order valence-electron chi connectivity index (χ2n) is 9.84. The summed E-state index contributed by atoms with van der Waals surface area (Å²) in [6.07, 6.45) is 7.61. The normalized spacial score (nSPS) is 25.5. The number of ether oxygens (including phenoxy) is 3. The van der Waals surface area contributed by atoms with Crippen molar-refractivity contribution in [2.75, 3.05) is 30.4 Å². The van der Waals surface area contributed by atoms with Gasteiger partial charge in [-0.2, -0.15) is 0 Å². The van der Waals surface area contributed by atoms with Crippen LogP contribution in [0.25, 0.3) is 0 Å². The third kappa shape index (κ3) is 5.52. The highest BCUT2D eigenvalue weighted by Crippen LogP contribution is 2.44. The number of nitrogens with one attached hydrogen (secondary N) is 1. The van der Waals surface area contributed by atoms with E-state index in [1.54, 1.807) is 13.3 Å². The zero-order valence-electron chi connectivity index (χ0n) is 21.4. The monoisotopic (exact) mass is 492 g/mol. The number of fused-ring (bicyclic) bond motifs is 2. The van der Waals surface area contributed by atoms with E-state index in [2.05, 4.69) is 49.0 Å². The first kappa shape index (κ1) is 24.6. The molecule has 1 aromatic carbocycles. The minimum atomic E-state index is 0.117. The maximum atomic E-state index is 6.57. The Balaban J connectivity index is 1.26. The fourth-order valence-electron chi connectivity index (χ4n) is 5.45. The number of piperidine rings is 1. The van der Waals surface area contributed by atoms with Gasteiger partial charge in [-0.25, -0.2) is 9.97 Å². The van der Waals surface area contributed by atoms with Gasteiger partial charge in [-0.1, -0.05) is 0 Å². The van der Waals surface area contributed by atoms with E-state index >= 15 is 0 Å². The lowest BCUT2D eigenvalue weighted by atomic mass is 9.93. The van der Waals surface area contributed by atoms with E-state index in [-0.39, 0.29) is 6.10 Å². The van der Waals surface area contributed by atoms with Crippen LogP contribution in [0.4, 0.5) is 22.9 Å². The van der Waals surface area contributed by atoms with Crippen LogP contribution in [0.1, 0.15) is 50.5 Å². The van der Waals surface area contributed by atoms with Crippen molar-refractivity contribution >= 4 is 35.8 Å². The van der Waals surface area contributed by atoms with Gasteiger partial charge in [0.2, 0.25) is 0 Å². The molecule has 2 aromatic rings. The highest BCUT2D eigenvalue weighted by molar-refractivity contribution is 5.80. The van der Waals surface area contributed by atoms with E-state index in [9.17, 15) is 0 Å². The van der Waals surface area contributed by atoms with E-state index in [0.29, 0.717) is 30.5 Å². The highest BCUT2D eigenvalue weighted by Gasteiger charge is 2.38. The lowest BCUT2D eigenvalue weighted by Crippen LogP contribution is -2.57. The Kier molecular flexibility index (Phi) is 7.48. The van der Waals surface area contributed by atoms with Gasteiger partial charge in [-0.15, -0.1) is 0 Å². The average Bonchev–Trinajstić information content (AvgIpc) is 2.85. The van der Waals surface area contributed by atoms with Gasteiger partial charge in [-0.05, 0) is 52.3 Å². The first-order chi connectivity index (χ1) is 17.5. The van der Waals surface area contributed by atoms with Gasteiger partial charge in [0, 0.05) is 56.7 Å². The molecule has 1 aromatic heterocycles. The van der Waals surface area contributed by atoms with Crippen molar-refractivity contribution in [1.82, 2.24) is 9.97 Å². The van der Waals surface area contributed by atoms with Gasteiger partial charge < -0.3 is 24.4 Å². The lowest BCUT2D eigenvalue weighted by Gasteiger charge is -2.48. The Morgan fingerprint density at radius 2 is 1.92 bits per heavy atom. The summed E-state index contributed by atoms with van der Waals surface area (Å²) in [6.45, 7) is 9.91. The molecule has 36 heavy (non-hydrogen) atoms. The summed E-state index contributed by atoms with van der Waals surface area (Å²) in [5.41, 5.74) is 3.49. The topological polar surface area (TPSA) is 93.5 Å². The molecule has 0 spiro atoms. The molecule has 0 radical (unpaired) electrons. The van der Waals surface area contributed by atoms with Crippen LogP contribution >= 0.6 is 0 Å². The molecule has 4 heterocycles. The van der Waals surface area contributed by atoms with Gasteiger partial charge >= 0.3 is 0 Å². The molecule has 6 rings (SSSR count). The Morgan fingerprint density at radius 3 is 2.58 bits per heavy atom. The molecule has 3 saturated heterocycles. The predicted molar refractivity (Wildman–Crippen MR) is 143 cm³/mol. The van der Waals surface area contributed by atoms with Gasteiger partial charge in [0.05, 0.1) is 36.3 Å². The van der Waals surface area contributed by atoms with Crippen LogP contribution in [0.5, 0.6) is 5.75 Å². The van der Waals surface area contributed by atoms with Gasteiger partial charge in [0.15, 0.2) is 0 Å². The van der Waals surface area contributed by atoms with Crippen molar-refractivity contribution in [1.29, 1.82) is 0 Å². The largest absolute Gasteiger partial charge is 0.488 e. The Labute approximate surface area is 213 Å².